The summed E-state index contributed by atoms with van der Waals surface area (Å²) in [6.45, 7) is 2.14. The summed E-state index contributed by atoms with van der Waals surface area (Å²) in [4.78, 5) is 4.04. The summed E-state index contributed by atoms with van der Waals surface area (Å²) in [6.07, 6.45) is 0. The van der Waals surface area contributed by atoms with E-state index in [9.17, 15) is 0 Å². The average molecular weight is 381 g/mol. The first-order valence-electron chi connectivity index (χ1n) is 4.80. The highest BCUT2D eigenvalue weighted by molar-refractivity contribution is 9.13. The first-order chi connectivity index (χ1) is 7.61. The number of hydrogen-bond donors (Lipinski definition) is 1. The van der Waals surface area contributed by atoms with Crippen LogP contribution in [0.3, 0.4) is 0 Å². The Balaban J connectivity index is 2.36. The monoisotopic (exact) mass is 379 g/mol. The lowest BCUT2D eigenvalue weighted by atomic mass is 10.2. The molecule has 5 heteroatoms. The molecule has 0 saturated heterocycles. The summed E-state index contributed by atoms with van der Waals surface area (Å²) < 4.78 is 2.28. The molecule has 0 aromatic carbocycles. The van der Waals surface area contributed by atoms with Gasteiger partial charge >= 0.3 is 0 Å². The van der Waals surface area contributed by atoms with Gasteiger partial charge in [-0.1, -0.05) is 0 Å². The number of aryl methyl sites for hydroxylation is 1. The van der Waals surface area contributed by atoms with Crippen molar-refractivity contribution in [1.29, 1.82) is 0 Å². The van der Waals surface area contributed by atoms with E-state index >= 15 is 0 Å². The largest absolute Gasteiger partial charge is 0.308 e. The molecule has 0 saturated carbocycles. The maximum atomic E-state index is 3.54. The Morgan fingerprint density at radius 1 is 1.19 bits per heavy atom. The molecular formula is C11H11Br2NS2. The van der Waals surface area contributed by atoms with Crippen molar-refractivity contribution in [1.82, 2.24) is 5.32 Å². The second-order valence-electron chi connectivity index (χ2n) is 3.44. The lowest BCUT2D eigenvalue weighted by molar-refractivity contribution is 0.716. The van der Waals surface area contributed by atoms with Gasteiger partial charge in [0.15, 0.2) is 0 Å². The minimum atomic E-state index is 0.297. The molecule has 2 heterocycles. The van der Waals surface area contributed by atoms with Gasteiger partial charge in [-0.15, -0.1) is 22.7 Å². The summed E-state index contributed by atoms with van der Waals surface area (Å²) in [7, 11) is 2.00. The Morgan fingerprint density at radius 3 is 2.38 bits per heavy atom. The molecular weight excluding hydrogens is 370 g/mol. The van der Waals surface area contributed by atoms with Crippen LogP contribution in [0, 0.1) is 6.92 Å². The van der Waals surface area contributed by atoms with Gasteiger partial charge in [0.05, 0.1) is 9.83 Å². The zero-order valence-corrected chi connectivity index (χ0v) is 13.7. The molecule has 1 unspecified atom stereocenters. The highest BCUT2D eigenvalue weighted by atomic mass is 79.9. The molecule has 0 spiro atoms. The predicted octanol–water partition coefficient (Wildman–Crippen LogP) is 4.95. The second-order valence-corrected chi connectivity index (χ2v) is 8.02. The maximum absolute atomic E-state index is 3.54. The molecule has 2 aromatic heterocycles. The lowest BCUT2D eigenvalue weighted by Crippen LogP contribution is -2.14. The van der Waals surface area contributed by atoms with Crippen LogP contribution in [0.2, 0.25) is 0 Å². The van der Waals surface area contributed by atoms with E-state index in [0.717, 1.165) is 8.26 Å². The zero-order chi connectivity index (χ0) is 11.7. The fraction of sp³-hybridized carbons (Fsp3) is 0.273. The van der Waals surface area contributed by atoms with E-state index in [1.807, 2.05) is 18.4 Å². The zero-order valence-electron chi connectivity index (χ0n) is 8.88. The molecule has 1 atom stereocenters. The summed E-state index contributed by atoms with van der Waals surface area (Å²) in [5.41, 5.74) is 0. The van der Waals surface area contributed by atoms with Crippen LogP contribution in [0.5, 0.6) is 0 Å². The third kappa shape index (κ3) is 2.59. The van der Waals surface area contributed by atoms with Gasteiger partial charge in [-0.25, -0.2) is 0 Å². The van der Waals surface area contributed by atoms with E-state index in [2.05, 4.69) is 62.3 Å². The van der Waals surface area contributed by atoms with Gasteiger partial charge in [0.1, 0.15) is 0 Å². The molecule has 0 fully saturated rings. The van der Waals surface area contributed by atoms with E-state index in [1.54, 1.807) is 11.3 Å². The van der Waals surface area contributed by atoms with Gasteiger partial charge in [-0.3, -0.25) is 0 Å². The van der Waals surface area contributed by atoms with Crippen LogP contribution < -0.4 is 5.32 Å². The van der Waals surface area contributed by atoms with E-state index in [1.165, 1.54) is 14.6 Å². The van der Waals surface area contributed by atoms with E-state index in [0.29, 0.717) is 6.04 Å². The van der Waals surface area contributed by atoms with Crippen molar-refractivity contribution in [3.63, 3.8) is 0 Å². The molecule has 0 aliphatic rings. The van der Waals surface area contributed by atoms with Gasteiger partial charge in [-0.05, 0) is 64.0 Å². The topological polar surface area (TPSA) is 12.0 Å². The summed E-state index contributed by atoms with van der Waals surface area (Å²) in [6, 6.07) is 6.83. The Labute approximate surface area is 120 Å². The van der Waals surface area contributed by atoms with Crippen LogP contribution in [-0.2, 0) is 0 Å². The number of thiophene rings is 2. The van der Waals surface area contributed by atoms with Gasteiger partial charge in [0.2, 0.25) is 0 Å². The number of halogens is 2. The lowest BCUT2D eigenvalue weighted by Gasteiger charge is -2.11. The number of rotatable bonds is 3. The molecule has 2 aromatic rings. The molecule has 0 bridgehead atoms. The van der Waals surface area contributed by atoms with Gasteiger partial charge in [0.25, 0.3) is 0 Å². The first kappa shape index (κ1) is 12.8. The van der Waals surface area contributed by atoms with Crippen molar-refractivity contribution < 1.29 is 0 Å². The fourth-order valence-electron chi connectivity index (χ4n) is 1.54. The van der Waals surface area contributed by atoms with Crippen molar-refractivity contribution in [3.8, 4) is 0 Å². The van der Waals surface area contributed by atoms with Crippen molar-refractivity contribution in [2.45, 2.75) is 13.0 Å². The predicted molar refractivity (Wildman–Crippen MR) is 79.7 cm³/mol. The third-order valence-corrected chi connectivity index (χ3v) is 6.67. The molecule has 0 aliphatic carbocycles. The SMILES string of the molecule is CNC(c1ccc(C)s1)c1cc(Br)c(Br)s1. The van der Waals surface area contributed by atoms with Crippen LogP contribution in [0.4, 0.5) is 0 Å². The van der Waals surface area contributed by atoms with E-state index in [4.69, 9.17) is 0 Å². The number of nitrogens with one attached hydrogen (secondary N) is 1. The molecule has 0 amide bonds. The van der Waals surface area contributed by atoms with Crippen LogP contribution in [0.15, 0.2) is 26.5 Å². The Kier molecular flexibility index (Phi) is 4.24. The molecule has 16 heavy (non-hydrogen) atoms. The van der Waals surface area contributed by atoms with Crippen LogP contribution in [0.25, 0.3) is 0 Å². The van der Waals surface area contributed by atoms with Crippen LogP contribution >= 0.6 is 54.5 Å². The Morgan fingerprint density at radius 2 is 1.94 bits per heavy atom. The molecule has 0 aliphatic heterocycles. The second kappa shape index (κ2) is 5.31. The van der Waals surface area contributed by atoms with Crippen LogP contribution in [0.1, 0.15) is 20.7 Å². The van der Waals surface area contributed by atoms with E-state index in [-0.39, 0.29) is 0 Å². The Hall–Kier alpha value is 0.320. The summed E-state index contributed by atoms with van der Waals surface area (Å²) >= 11 is 10.7. The van der Waals surface area contributed by atoms with Gasteiger partial charge in [-0.2, -0.15) is 0 Å². The smallest absolute Gasteiger partial charge is 0.0843 e. The minimum absolute atomic E-state index is 0.297. The molecule has 0 radical (unpaired) electrons. The molecule has 1 nitrogen and oxygen atoms in total. The standard InChI is InChI=1S/C11H11Br2NS2/c1-6-3-4-8(15-6)10(14-2)9-5-7(12)11(13)16-9/h3-5,10,14H,1-2H3. The highest BCUT2D eigenvalue weighted by Gasteiger charge is 2.17. The number of hydrogen-bond acceptors (Lipinski definition) is 3. The third-order valence-electron chi connectivity index (χ3n) is 2.28. The Bertz CT molecular complexity index is 470. The molecule has 86 valence electrons. The van der Waals surface area contributed by atoms with Crippen molar-refractivity contribution in [2.75, 3.05) is 7.05 Å². The molecule has 1 N–H and O–H groups in total. The van der Waals surface area contributed by atoms with Gasteiger partial charge in [0, 0.05) is 19.1 Å². The quantitative estimate of drug-likeness (QED) is 0.793. The van der Waals surface area contributed by atoms with E-state index < -0.39 is 0 Å². The van der Waals surface area contributed by atoms with Crippen molar-refractivity contribution in [3.05, 3.63) is 41.1 Å². The van der Waals surface area contributed by atoms with Crippen molar-refractivity contribution >= 4 is 54.5 Å². The summed E-state index contributed by atoms with van der Waals surface area (Å²) in [5.74, 6) is 0. The normalized spacial score (nSPS) is 13.0. The van der Waals surface area contributed by atoms with Crippen molar-refractivity contribution in [2.24, 2.45) is 0 Å². The average Bonchev–Trinajstić information content (AvgIpc) is 2.77. The fourth-order valence-corrected chi connectivity index (χ4v) is 4.84. The minimum Gasteiger partial charge on any atom is -0.308 e. The highest BCUT2D eigenvalue weighted by Crippen LogP contribution is 2.38. The molecule has 2 rings (SSSR count). The van der Waals surface area contributed by atoms with Crippen LogP contribution in [-0.4, -0.2) is 7.05 Å². The first-order valence-corrected chi connectivity index (χ1v) is 8.02. The maximum Gasteiger partial charge on any atom is 0.0843 e. The van der Waals surface area contributed by atoms with Gasteiger partial charge < -0.3 is 5.32 Å². The summed E-state index contributed by atoms with van der Waals surface area (Å²) in [5, 5.41) is 3.37.